The first-order valence-corrected chi connectivity index (χ1v) is 11.8. The van der Waals surface area contributed by atoms with E-state index in [0.717, 1.165) is 35.3 Å². The molecule has 1 amide bonds. The lowest BCUT2D eigenvalue weighted by Crippen LogP contribution is -2.37. The predicted molar refractivity (Wildman–Crippen MR) is 132 cm³/mol. The molecule has 1 heterocycles. The normalized spacial score (nSPS) is 16.5. The topological polar surface area (TPSA) is 66.8 Å². The number of hydrogen-bond acceptors (Lipinski definition) is 3. The molecule has 0 radical (unpaired) electrons. The second-order valence-electron chi connectivity index (χ2n) is 9.28. The van der Waals surface area contributed by atoms with E-state index in [-0.39, 0.29) is 24.5 Å². The molecule has 1 aliphatic heterocycles. The van der Waals surface area contributed by atoms with E-state index in [0.29, 0.717) is 19.4 Å². The van der Waals surface area contributed by atoms with Crippen LogP contribution in [0.2, 0.25) is 0 Å². The van der Waals surface area contributed by atoms with Crippen molar-refractivity contribution < 1.29 is 19.4 Å². The molecule has 5 heteroatoms. The number of nitrogens with zero attached hydrogens (tertiary/aromatic N) is 1. The van der Waals surface area contributed by atoms with Gasteiger partial charge in [-0.2, -0.15) is 0 Å². The molecule has 34 heavy (non-hydrogen) atoms. The van der Waals surface area contributed by atoms with Crippen molar-refractivity contribution in [3.05, 3.63) is 101 Å². The number of carboxylic acids is 1. The Kier molecular flexibility index (Phi) is 7.31. The molecule has 1 atom stereocenters. The highest BCUT2D eigenvalue weighted by molar-refractivity contribution is 5.81. The third-order valence-electron chi connectivity index (χ3n) is 6.29. The molecule has 4 rings (SSSR count). The van der Waals surface area contributed by atoms with Crippen LogP contribution in [0, 0.1) is 0 Å². The molecule has 0 saturated carbocycles. The van der Waals surface area contributed by atoms with E-state index in [9.17, 15) is 14.7 Å². The maximum atomic E-state index is 12.9. The van der Waals surface area contributed by atoms with E-state index < -0.39 is 5.97 Å². The summed E-state index contributed by atoms with van der Waals surface area (Å²) in [5.74, 6) is -0.221. The van der Waals surface area contributed by atoms with Crippen molar-refractivity contribution in [3.63, 3.8) is 0 Å². The first-order valence-electron chi connectivity index (χ1n) is 11.8. The average Bonchev–Trinajstić information content (AvgIpc) is 3.16. The van der Waals surface area contributed by atoms with Gasteiger partial charge < -0.3 is 14.7 Å². The summed E-state index contributed by atoms with van der Waals surface area (Å²) < 4.78 is 6.29. The van der Waals surface area contributed by atoms with Crippen LogP contribution in [0.3, 0.4) is 0 Å². The number of benzene rings is 3. The second-order valence-corrected chi connectivity index (χ2v) is 9.28. The Morgan fingerprint density at radius 1 is 0.912 bits per heavy atom. The van der Waals surface area contributed by atoms with Crippen molar-refractivity contribution in [2.75, 3.05) is 13.1 Å². The molecular weight excluding hydrogens is 426 g/mol. The molecule has 0 bridgehead atoms. The molecule has 0 fully saturated rings. The van der Waals surface area contributed by atoms with Crippen LogP contribution in [0.1, 0.15) is 35.6 Å². The average molecular weight is 458 g/mol. The number of aryl methyl sites for hydroxylation is 1. The second kappa shape index (κ2) is 10.6. The van der Waals surface area contributed by atoms with Crippen molar-refractivity contribution in [2.24, 2.45) is 0 Å². The van der Waals surface area contributed by atoms with Crippen LogP contribution in [0.5, 0.6) is 5.75 Å². The highest BCUT2D eigenvalue weighted by Crippen LogP contribution is 2.37. The summed E-state index contributed by atoms with van der Waals surface area (Å²) in [4.78, 5) is 25.6. The van der Waals surface area contributed by atoms with Crippen LogP contribution in [0.25, 0.3) is 0 Å². The largest absolute Gasteiger partial charge is 0.487 e. The van der Waals surface area contributed by atoms with E-state index >= 15 is 0 Å². The summed E-state index contributed by atoms with van der Waals surface area (Å²) in [5.41, 5.74) is 4.28. The number of hydrogen-bond donors (Lipinski definition) is 1. The van der Waals surface area contributed by atoms with E-state index in [2.05, 4.69) is 25.1 Å². The number of fused-ring (bicyclic) bond motifs is 1. The van der Waals surface area contributed by atoms with Gasteiger partial charge in [0.2, 0.25) is 5.91 Å². The number of aliphatic carboxylic acids is 1. The van der Waals surface area contributed by atoms with Gasteiger partial charge in [0.25, 0.3) is 0 Å². The van der Waals surface area contributed by atoms with Gasteiger partial charge in [-0.25, -0.2) is 0 Å². The van der Waals surface area contributed by atoms with Gasteiger partial charge in [-0.1, -0.05) is 72.8 Å². The highest BCUT2D eigenvalue weighted by Gasteiger charge is 2.35. The summed E-state index contributed by atoms with van der Waals surface area (Å²) in [5, 5.41) is 9.27. The SMILES string of the molecule is CC1(Cc2ccccc2)Cc2cc(CCC(=O)N(CCc3ccccc3)CC(=O)O)ccc2O1. The van der Waals surface area contributed by atoms with Crippen LogP contribution in [-0.4, -0.2) is 40.6 Å². The minimum atomic E-state index is -0.992. The lowest BCUT2D eigenvalue weighted by atomic mass is 9.91. The molecule has 3 aromatic rings. The number of carbonyl (C=O) groups excluding carboxylic acids is 1. The van der Waals surface area contributed by atoms with Crippen LogP contribution in [0.15, 0.2) is 78.9 Å². The first-order chi connectivity index (χ1) is 16.4. The molecule has 0 saturated heterocycles. The molecule has 0 aliphatic carbocycles. The first kappa shape index (κ1) is 23.6. The van der Waals surface area contributed by atoms with Gasteiger partial charge >= 0.3 is 5.97 Å². The third kappa shape index (κ3) is 6.25. The van der Waals surface area contributed by atoms with Gasteiger partial charge in [0.05, 0.1) is 0 Å². The molecule has 0 spiro atoms. The van der Waals surface area contributed by atoms with Crippen molar-refractivity contribution >= 4 is 11.9 Å². The summed E-state index contributed by atoms with van der Waals surface area (Å²) in [6.07, 6.45) is 3.14. The Bertz CT molecular complexity index is 1130. The molecule has 1 N–H and O–H groups in total. The van der Waals surface area contributed by atoms with E-state index in [4.69, 9.17) is 4.74 Å². The molecule has 5 nitrogen and oxygen atoms in total. The Morgan fingerprint density at radius 2 is 1.59 bits per heavy atom. The summed E-state index contributed by atoms with van der Waals surface area (Å²) in [6.45, 7) is 2.26. The van der Waals surface area contributed by atoms with Crippen LogP contribution < -0.4 is 4.74 Å². The Balaban J connectivity index is 1.35. The standard InChI is InChI=1S/C29H31NO4/c1-29(19-24-10-6-3-7-11-24)20-25-18-23(12-14-26(25)34-29)13-15-27(31)30(21-28(32)33)17-16-22-8-4-2-5-9-22/h2-12,14,18H,13,15-17,19-21H2,1H3,(H,32,33). The zero-order chi connectivity index (χ0) is 24.0. The summed E-state index contributed by atoms with van der Waals surface area (Å²) in [7, 11) is 0. The van der Waals surface area contributed by atoms with Gasteiger partial charge in [0, 0.05) is 25.8 Å². The van der Waals surface area contributed by atoms with E-state index in [1.165, 1.54) is 10.5 Å². The number of rotatable bonds is 10. The molecule has 1 aliphatic rings. The fourth-order valence-corrected chi connectivity index (χ4v) is 4.63. The maximum absolute atomic E-state index is 12.9. The van der Waals surface area contributed by atoms with Crippen LogP contribution in [-0.2, 0) is 35.3 Å². The number of carboxylic acid groups (broad SMARTS) is 1. The van der Waals surface area contributed by atoms with Crippen molar-refractivity contribution in [1.29, 1.82) is 0 Å². The van der Waals surface area contributed by atoms with Gasteiger partial charge in [0.1, 0.15) is 17.9 Å². The molecule has 176 valence electrons. The molecular formula is C29H31NO4. The lowest BCUT2D eigenvalue weighted by Gasteiger charge is -2.24. The molecule has 1 unspecified atom stereocenters. The minimum absolute atomic E-state index is 0.135. The lowest BCUT2D eigenvalue weighted by molar-refractivity contribution is -0.144. The van der Waals surface area contributed by atoms with E-state index in [1.807, 2.05) is 60.7 Å². The fraction of sp³-hybridized carbons (Fsp3) is 0.310. The van der Waals surface area contributed by atoms with Crippen LogP contribution >= 0.6 is 0 Å². The fourth-order valence-electron chi connectivity index (χ4n) is 4.63. The van der Waals surface area contributed by atoms with Gasteiger partial charge in [0.15, 0.2) is 0 Å². The summed E-state index contributed by atoms with van der Waals surface area (Å²) >= 11 is 0. The number of ether oxygens (including phenoxy) is 1. The zero-order valence-electron chi connectivity index (χ0n) is 19.6. The maximum Gasteiger partial charge on any atom is 0.323 e. The van der Waals surface area contributed by atoms with Crippen LogP contribution in [0.4, 0.5) is 0 Å². The minimum Gasteiger partial charge on any atom is -0.487 e. The van der Waals surface area contributed by atoms with Gasteiger partial charge in [-0.3, -0.25) is 9.59 Å². The van der Waals surface area contributed by atoms with Crippen molar-refractivity contribution in [2.45, 2.75) is 44.6 Å². The van der Waals surface area contributed by atoms with Gasteiger partial charge in [-0.15, -0.1) is 0 Å². The Morgan fingerprint density at radius 3 is 2.26 bits per heavy atom. The Labute approximate surface area is 201 Å². The number of amides is 1. The predicted octanol–water partition coefficient (Wildman–Crippen LogP) is 4.71. The zero-order valence-corrected chi connectivity index (χ0v) is 19.6. The Hall–Kier alpha value is -3.60. The van der Waals surface area contributed by atoms with Gasteiger partial charge in [-0.05, 0) is 48.1 Å². The van der Waals surface area contributed by atoms with Crippen molar-refractivity contribution in [3.8, 4) is 5.75 Å². The highest BCUT2D eigenvalue weighted by atomic mass is 16.5. The molecule has 0 aromatic heterocycles. The monoisotopic (exact) mass is 457 g/mol. The molecule has 3 aromatic carbocycles. The third-order valence-corrected chi connectivity index (χ3v) is 6.29. The number of carbonyl (C=O) groups is 2. The summed E-state index contributed by atoms with van der Waals surface area (Å²) in [6, 6.07) is 26.3. The quantitative estimate of drug-likeness (QED) is 0.479. The van der Waals surface area contributed by atoms with E-state index in [1.54, 1.807) is 0 Å². The smallest absolute Gasteiger partial charge is 0.323 e. The van der Waals surface area contributed by atoms with Crippen molar-refractivity contribution in [1.82, 2.24) is 4.90 Å².